The number of anilines is 3. The molecule has 0 unspecified atom stereocenters. The van der Waals surface area contributed by atoms with Crippen LogP contribution in [-0.4, -0.2) is 24.1 Å². The van der Waals surface area contributed by atoms with Gasteiger partial charge in [-0.2, -0.15) is 0 Å². The first-order chi connectivity index (χ1) is 35.2. The van der Waals surface area contributed by atoms with E-state index in [1.54, 1.807) is 0 Å². The molecule has 0 amide bonds. The number of thiophene rings is 2. The first kappa shape index (κ1) is 41.1. The van der Waals surface area contributed by atoms with Crippen molar-refractivity contribution >= 4 is 92.9 Å². The van der Waals surface area contributed by atoms with Gasteiger partial charge in [0.25, 0.3) is 0 Å². The van der Waals surface area contributed by atoms with Gasteiger partial charge >= 0.3 is 0 Å². The standard InChI is InChI=1S/C63H40N6S2/c1-3-17-45(18-4-1)68-55-26-8-7-23-49(55)51-37-52-50-35-43(27-28-56(50)69(58(52)38-57(51)68)46-19-5-2-6-20-46)59-39-61-62(70-59)40-60(71-61)44-29-32-66-63(36-44)67(47-21-13-15-41(33-47)53-24-9-11-30-64-53)48-22-14-16-42(34-48)54-25-10-12-31-65-54/h1-40H. The molecule has 8 heteroatoms. The van der Waals surface area contributed by atoms with Crippen molar-refractivity contribution in [3.05, 3.63) is 243 Å². The van der Waals surface area contributed by atoms with E-state index in [2.05, 4.69) is 212 Å². The number of hydrogen-bond donors (Lipinski definition) is 0. The molecule has 0 atom stereocenters. The second-order valence-corrected chi connectivity index (χ2v) is 19.9. The Labute approximate surface area is 417 Å². The zero-order chi connectivity index (χ0) is 46.8. The lowest BCUT2D eigenvalue weighted by Gasteiger charge is -2.25. The highest BCUT2D eigenvalue weighted by atomic mass is 32.1. The van der Waals surface area contributed by atoms with E-state index >= 15 is 0 Å². The average Bonchev–Trinajstić information content (AvgIpc) is 4.20. The number of benzene rings is 7. The largest absolute Gasteiger partial charge is 0.309 e. The fourth-order valence-electron chi connectivity index (χ4n) is 10.2. The molecule has 0 aliphatic carbocycles. The van der Waals surface area contributed by atoms with Crippen LogP contribution in [0.15, 0.2) is 243 Å². The van der Waals surface area contributed by atoms with E-state index in [0.29, 0.717) is 0 Å². The normalized spacial score (nSPS) is 11.7. The summed E-state index contributed by atoms with van der Waals surface area (Å²) in [6, 6.07) is 80.2. The Hall–Kier alpha value is -8.95. The first-order valence-corrected chi connectivity index (χ1v) is 25.3. The van der Waals surface area contributed by atoms with Gasteiger partial charge in [-0.15, -0.1) is 22.7 Å². The van der Waals surface area contributed by atoms with E-state index in [0.717, 1.165) is 56.6 Å². The molecule has 14 aromatic rings. The van der Waals surface area contributed by atoms with Gasteiger partial charge in [0.05, 0.1) is 33.5 Å². The quantitative estimate of drug-likeness (QED) is 0.145. The van der Waals surface area contributed by atoms with Gasteiger partial charge in [-0.25, -0.2) is 4.98 Å². The lowest BCUT2D eigenvalue weighted by atomic mass is 10.1. The summed E-state index contributed by atoms with van der Waals surface area (Å²) in [5.74, 6) is 0.821. The van der Waals surface area contributed by atoms with Gasteiger partial charge in [0.1, 0.15) is 5.82 Å². The van der Waals surface area contributed by atoms with Crippen molar-refractivity contribution in [3.8, 4) is 54.8 Å². The third kappa shape index (κ3) is 7.11. The maximum atomic E-state index is 5.03. The third-order valence-electron chi connectivity index (χ3n) is 13.5. The van der Waals surface area contributed by atoms with Gasteiger partial charge in [-0.05, 0) is 139 Å². The zero-order valence-corrected chi connectivity index (χ0v) is 39.7. The molecule has 334 valence electrons. The number of pyridine rings is 3. The maximum Gasteiger partial charge on any atom is 0.138 e. The Morgan fingerprint density at radius 2 is 0.859 bits per heavy atom. The molecule has 7 heterocycles. The Morgan fingerprint density at radius 3 is 1.46 bits per heavy atom. The number of para-hydroxylation sites is 3. The number of hydrogen-bond acceptors (Lipinski definition) is 6. The van der Waals surface area contributed by atoms with Crippen LogP contribution in [0.1, 0.15) is 0 Å². The van der Waals surface area contributed by atoms with E-state index in [-0.39, 0.29) is 0 Å². The molecule has 0 aliphatic rings. The summed E-state index contributed by atoms with van der Waals surface area (Å²) in [6.45, 7) is 0. The van der Waals surface area contributed by atoms with Crippen molar-refractivity contribution < 1.29 is 0 Å². The summed E-state index contributed by atoms with van der Waals surface area (Å²) >= 11 is 3.68. The van der Waals surface area contributed by atoms with E-state index in [1.807, 2.05) is 77.7 Å². The number of fused-ring (bicyclic) bond motifs is 7. The minimum atomic E-state index is 0.821. The second-order valence-electron chi connectivity index (χ2n) is 17.7. The van der Waals surface area contributed by atoms with E-state index in [1.165, 1.54) is 68.3 Å². The molecule has 0 bridgehead atoms. The van der Waals surface area contributed by atoms with Crippen molar-refractivity contribution in [2.75, 3.05) is 4.90 Å². The predicted molar refractivity (Wildman–Crippen MR) is 298 cm³/mol. The second kappa shape index (κ2) is 16.9. The third-order valence-corrected chi connectivity index (χ3v) is 15.9. The Bertz CT molecular complexity index is 4170. The van der Waals surface area contributed by atoms with Crippen LogP contribution in [0.4, 0.5) is 17.2 Å². The summed E-state index contributed by atoms with van der Waals surface area (Å²) in [5.41, 5.74) is 15.3. The highest BCUT2D eigenvalue weighted by molar-refractivity contribution is 7.31. The SMILES string of the molecule is c1ccc(-n2c3ccccc3c3cc4c5cc(-c6cc7sc(-c8ccnc(N(c9cccc(-c%10ccccn%10)c9)c9cccc(-c%10ccccn%10)c9)c8)cc7s6)ccc5n(-c5ccccc5)c4cc32)cc1. The fraction of sp³-hybridized carbons (Fsp3) is 0. The molecule has 0 fully saturated rings. The van der Waals surface area contributed by atoms with Crippen LogP contribution >= 0.6 is 22.7 Å². The number of nitrogens with zero attached hydrogens (tertiary/aromatic N) is 6. The molecule has 14 rings (SSSR count). The van der Waals surface area contributed by atoms with Crippen LogP contribution in [0.3, 0.4) is 0 Å². The lowest BCUT2D eigenvalue weighted by Crippen LogP contribution is -2.12. The van der Waals surface area contributed by atoms with Gasteiger partial charge in [-0.1, -0.05) is 97.1 Å². The molecule has 7 aromatic heterocycles. The molecular formula is C63H40N6S2. The van der Waals surface area contributed by atoms with Gasteiger partial charge in [0, 0.05) is 93.2 Å². The maximum absolute atomic E-state index is 5.03. The molecular weight excluding hydrogens is 905 g/mol. The van der Waals surface area contributed by atoms with Crippen molar-refractivity contribution in [2.24, 2.45) is 0 Å². The highest BCUT2D eigenvalue weighted by Gasteiger charge is 2.21. The Morgan fingerprint density at radius 1 is 0.324 bits per heavy atom. The summed E-state index contributed by atoms with van der Waals surface area (Å²) in [4.78, 5) is 19.1. The first-order valence-electron chi connectivity index (χ1n) is 23.6. The van der Waals surface area contributed by atoms with Crippen LogP contribution in [0.5, 0.6) is 0 Å². The molecule has 0 radical (unpaired) electrons. The van der Waals surface area contributed by atoms with Gasteiger partial charge < -0.3 is 9.13 Å². The van der Waals surface area contributed by atoms with Crippen molar-refractivity contribution in [1.82, 2.24) is 24.1 Å². The van der Waals surface area contributed by atoms with Gasteiger partial charge in [-0.3, -0.25) is 14.9 Å². The smallest absolute Gasteiger partial charge is 0.138 e. The highest BCUT2D eigenvalue weighted by Crippen LogP contribution is 2.46. The van der Waals surface area contributed by atoms with Crippen LogP contribution in [0.2, 0.25) is 0 Å². The summed E-state index contributed by atoms with van der Waals surface area (Å²) in [7, 11) is 0. The van der Waals surface area contributed by atoms with E-state index in [9.17, 15) is 0 Å². The van der Waals surface area contributed by atoms with Crippen LogP contribution in [-0.2, 0) is 0 Å². The van der Waals surface area contributed by atoms with Crippen molar-refractivity contribution in [1.29, 1.82) is 0 Å². The lowest BCUT2D eigenvalue weighted by molar-refractivity contribution is 1.16. The van der Waals surface area contributed by atoms with Crippen LogP contribution in [0.25, 0.3) is 108 Å². The zero-order valence-electron chi connectivity index (χ0n) is 38.1. The van der Waals surface area contributed by atoms with E-state index < -0.39 is 0 Å². The summed E-state index contributed by atoms with van der Waals surface area (Å²) in [6.07, 6.45) is 5.60. The van der Waals surface area contributed by atoms with Gasteiger partial charge in [0.15, 0.2) is 0 Å². The minimum absolute atomic E-state index is 0.821. The Kier molecular flexibility index (Phi) is 9.79. The van der Waals surface area contributed by atoms with Crippen molar-refractivity contribution in [2.45, 2.75) is 0 Å². The van der Waals surface area contributed by atoms with Crippen LogP contribution < -0.4 is 4.90 Å². The fourth-order valence-corrected chi connectivity index (χ4v) is 12.6. The molecule has 71 heavy (non-hydrogen) atoms. The average molecular weight is 945 g/mol. The number of aromatic nitrogens is 5. The topological polar surface area (TPSA) is 51.8 Å². The molecule has 0 spiro atoms. The molecule has 6 nitrogen and oxygen atoms in total. The Balaban J connectivity index is 0.862. The predicted octanol–water partition coefficient (Wildman–Crippen LogP) is 17.5. The molecule has 0 saturated heterocycles. The van der Waals surface area contributed by atoms with E-state index in [4.69, 9.17) is 4.98 Å². The van der Waals surface area contributed by atoms with Gasteiger partial charge in [0.2, 0.25) is 0 Å². The molecule has 0 N–H and O–H groups in total. The summed E-state index contributed by atoms with van der Waals surface area (Å²) < 4.78 is 7.37. The molecule has 7 aromatic carbocycles. The molecule has 0 aliphatic heterocycles. The number of rotatable bonds is 9. The monoisotopic (exact) mass is 944 g/mol. The minimum Gasteiger partial charge on any atom is -0.309 e. The molecule has 0 saturated carbocycles. The summed E-state index contributed by atoms with van der Waals surface area (Å²) in [5, 5.41) is 4.97. The van der Waals surface area contributed by atoms with Crippen molar-refractivity contribution in [3.63, 3.8) is 0 Å². The van der Waals surface area contributed by atoms with Crippen LogP contribution in [0, 0.1) is 0 Å².